The van der Waals surface area contributed by atoms with Crippen molar-refractivity contribution >= 4 is 23.8 Å². The molecule has 0 aromatic heterocycles. The minimum Gasteiger partial charge on any atom is -0.480 e. The Morgan fingerprint density at radius 3 is 1.32 bits per heavy atom. The number of rotatable bonds is 44. The lowest BCUT2D eigenvalue weighted by Gasteiger charge is -2.18. The molecule has 9 nitrogen and oxygen atoms in total. The van der Waals surface area contributed by atoms with Crippen LogP contribution in [0.15, 0.2) is 72.9 Å². The maximum atomic E-state index is 12.8. The third-order valence-corrected chi connectivity index (χ3v) is 10.7. The van der Waals surface area contributed by atoms with E-state index in [-0.39, 0.29) is 30.9 Å². The molecular formula is C53H90N2O7. The van der Waals surface area contributed by atoms with E-state index in [4.69, 9.17) is 14.9 Å². The van der Waals surface area contributed by atoms with Gasteiger partial charge >= 0.3 is 11.9 Å². The Hall–Kier alpha value is -3.72. The SMILES string of the molecule is CC/C=C\C/C=C\C/C=C\C/C=C\C/C=C\C/C=C\CCC(=O)OC(CCCCCCCCCCCCCCCCC)CCCCCCCC(=O)NCC(=O)NC(CO)C(=O)O. The number of allylic oxidation sites excluding steroid dienone is 12. The summed E-state index contributed by atoms with van der Waals surface area (Å²) in [5.41, 5.74) is 0. The van der Waals surface area contributed by atoms with Crippen molar-refractivity contribution in [3.05, 3.63) is 72.9 Å². The van der Waals surface area contributed by atoms with E-state index >= 15 is 0 Å². The fraction of sp³-hybridized carbons (Fsp3) is 0.698. The number of carbonyl (C=O) groups is 4. The standard InChI is InChI=1S/C53H90N2O7/c1-3-5-7-9-11-13-15-17-19-20-21-22-24-26-28-30-32-37-41-45-52(59)62-48(42-38-34-31-29-27-25-23-18-16-14-12-10-8-6-4-2)43-39-35-33-36-40-44-50(57)54-46-51(58)55-49(47-56)53(60)61/h5,7,11,13,17,19,21-22,26,28,32,37,48-49,56H,3-4,6,8-10,12,14-16,18,20,23-25,27,29-31,33-36,38-47H2,1-2H3,(H,54,57)(H,55,58)(H,60,61)/b7-5-,13-11-,19-17-,22-21-,28-26-,37-32-. The Morgan fingerprint density at radius 1 is 0.500 bits per heavy atom. The molecule has 4 N–H and O–H groups in total. The van der Waals surface area contributed by atoms with Gasteiger partial charge in [0, 0.05) is 12.8 Å². The van der Waals surface area contributed by atoms with E-state index < -0.39 is 24.5 Å². The third-order valence-electron chi connectivity index (χ3n) is 10.7. The highest BCUT2D eigenvalue weighted by molar-refractivity contribution is 5.87. The van der Waals surface area contributed by atoms with Crippen LogP contribution < -0.4 is 10.6 Å². The number of carbonyl (C=O) groups excluding carboxylic acids is 3. The van der Waals surface area contributed by atoms with Gasteiger partial charge in [-0.15, -0.1) is 0 Å². The second-order valence-electron chi connectivity index (χ2n) is 16.5. The quantitative estimate of drug-likeness (QED) is 0.0271. The molecule has 0 spiro atoms. The molecule has 0 saturated carbocycles. The number of nitrogens with one attached hydrogen (secondary N) is 2. The van der Waals surface area contributed by atoms with E-state index in [1.54, 1.807) is 0 Å². The van der Waals surface area contributed by atoms with Gasteiger partial charge in [0.25, 0.3) is 0 Å². The second kappa shape index (κ2) is 46.8. The molecule has 0 rings (SSSR count). The van der Waals surface area contributed by atoms with Crippen LogP contribution in [0.4, 0.5) is 0 Å². The van der Waals surface area contributed by atoms with E-state index in [0.29, 0.717) is 19.3 Å². The minimum atomic E-state index is -1.39. The van der Waals surface area contributed by atoms with Gasteiger partial charge in [-0.25, -0.2) is 4.79 Å². The van der Waals surface area contributed by atoms with Gasteiger partial charge in [-0.1, -0.05) is 196 Å². The predicted molar refractivity (Wildman–Crippen MR) is 259 cm³/mol. The molecule has 0 aliphatic heterocycles. The van der Waals surface area contributed by atoms with E-state index in [1.807, 2.05) is 0 Å². The molecule has 9 heteroatoms. The van der Waals surface area contributed by atoms with Crippen LogP contribution in [0.1, 0.15) is 213 Å². The fourth-order valence-electron chi connectivity index (χ4n) is 6.98. The zero-order chi connectivity index (χ0) is 45.4. The average Bonchev–Trinajstić information content (AvgIpc) is 3.26. The molecule has 2 atom stereocenters. The van der Waals surface area contributed by atoms with Crippen molar-refractivity contribution in [1.82, 2.24) is 10.6 Å². The first-order valence-electron chi connectivity index (χ1n) is 24.8. The smallest absolute Gasteiger partial charge is 0.328 e. The lowest BCUT2D eigenvalue weighted by Crippen LogP contribution is -2.47. The molecule has 0 fully saturated rings. The summed E-state index contributed by atoms with van der Waals surface area (Å²) >= 11 is 0. The predicted octanol–water partition coefficient (Wildman–Crippen LogP) is 13.0. The summed E-state index contributed by atoms with van der Waals surface area (Å²) in [6, 6.07) is -1.39. The van der Waals surface area contributed by atoms with Crippen molar-refractivity contribution < 1.29 is 34.1 Å². The average molecular weight is 867 g/mol. The highest BCUT2D eigenvalue weighted by Gasteiger charge is 2.19. The molecular weight excluding hydrogens is 777 g/mol. The topological polar surface area (TPSA) is 142 Å². The highest BCUT2D eigenvalue weighted by Crippen LogP contribution is 2.19. The number of aliphatic carboxylic acids is 1. The molecule has 0 bridgehead atoms. The van der Waals surface area contributed by atoms with Crippen LogP contribution in [-0.2, 0) is 23.9 Å². The largest absolute Gasteiger partial charge is 0.480 e. The van der Waals surface area contributed by atoms with Crippen LogP contribution in [0.2, 0.25) is 0 Å². The van der Waals surface area contributed by atoms with Crippen molar-refractivity contribution in [2.45, 2.75) is 225 Å². The summed E-state index contributed by atoms with van der Waals surface area (Å²) in [5.74, 6) is -2.38. The van der Waals surface area contributed by atoms with E-state index in [9.17, 15) is 19.2 Å². The van der Waals surface area contributed by atoms with Crippen LogP contribution >= 0.6 is 0 Å². The zero-order valence-corrected chi connectivity index (χ0v) is 39.4. The lowest BCUT2D eigenvalue weighted by atomic mass is 10.0. The Labute approximate surface area is 378 Å². The van der Waals surface area contributed by atoms with Crippen LogP contribution in [-0.4, -0.2) is 59.3 Å². The van der Waals surface area contributed by atoms with Gasteiger partial charge in [-0.2, -0.15) is 0 Å². The Balaban J connectivity index is 4.45. The molecule has 0 aliphatic rings. The number of aliphatic hydroxyl groups is 1. The fourth-order valence-corrected chi connectivity index (χ4v) is 6.98. The molecule has 0 radical (unpaired) electrons. The number of amides is 2. The number of ether oxygens (including phenoxy) is 1. The number of carboxylic acid groups (broad SMARTS) is 1. The maximum Gasteiger partial charge on any atom is 0.328 e. The van der Waals surface area contributed by atoms with Gasteiger partial charge in [0.15, 0.2) is 0 Å². The summed E-state index contributed by atoms with van der Waals surface area (Å²) < 4.78 is 6.02. The van der Waals surface area contributed by atoms with Gasteiger partial charge in [0.05, 0.1) is 13.2 Å². The van der Waals surface area contributed by atoms with E-state index in [0.717, 1.165) is 83.5 Å². The number of esters is 1. The van der Waals surface area contributed by atoms with Crippen molar-refractivity contribution in [3.8, 4) is 0 Å². The van der Waals surface area contributed by atoms with Crippen molar-refractivity contribution in [2.75, 3.05) is 13.2 Å². The first kappa shape index (κ1) is 58.3. The van der Waals surface area contributed by atoms with Crippen molar-refractivity contribution in [3.63, 3.8) is 0 Å². The third kappa shape index (κ3) is 42.9. The van der Waals surface area contributed by atoms with E-state index in [2.05, 4.69) is 97.4 Å². The van der Waals surface area contributed by atoms with Crippen LogP contribution in [0.25, 0.3) is 0 Å². The Bertz CT molecular complexity index is 1270. The number of unbranched alkanes of at least 4 members (excludes halogenated alkanes) is 18. The van der Waals surface area contributed by atoms with Gasteiger partial charge in [-0.3, -0.25) is 14.4 Å². The van der Waals surface area contributed by atoms with Crippen LogP contribution in [0, 0.1) is 0 Å². The number of aliphatic hydroxyl groups excluding tert-OH is 1. The van der Waals surface area contributed by atoms with Gasteiger partial charge in [0.1, 0.15) is 12.1 Å². The maximum absolute atomic E-state index is 12.8. The summed E-state index contributed by atoms with van der Waals surface area (Å²) in [6.07, 6.45) is 59.4. The number of hydrogen-bond acceptors (Lipinski definition) is 6. The lowest BCUT2D eigenvalue weighted by molar-refractivity contribution is -0.149. The van der Waals surface area contributed by atoms with Crippen molar-refractivity contribution in [1.29, 1.82) is 0 Å². The Morgan fingerprint density at radius 2 is 0.903 bits per heavy atom. The number of hydrogen-bond donors (Lipinski definition) is 4. The van der Waals surface area contributed by atoms with Crippen molar-refractivity contribution in [2.24, 2.45) is 0 Å². The molecule has 0 aromatic carbocycles. The molecule has 62 heavy (non-hydrogen) atoms. The summed E-state index contributed by atoms with van der Waals surface area (Å²) in [5, 5.41) is 22.6. The molecule has 2 amide bonds. The molecule has 0 saturated heterocycles. The van der Waals surface area contributed by atoms with E-state index in [1.165, 1.54) is 89.9 Å². The van der Waals surface area contributed by atoms with Gasteiger partial charge in [-0.05, 0) is 77.0 Å². The molecule has 0 heterocycles. The van der Waals surface area contributed by atoms with Gasteiger partial charge < -0.3 is 25.6 Å². The normalized spacial score (nSPS) is 13.1. The number of carboxylic acids is 1. The van der Waals surface area contributed by atoms with Crippen LogP contribution in [0.3, 0.4) is 0 Å². The van der Waals surface area contributed by atoms with Crippen LogP contribution in [0.5, 0.6) is 0 Å². The Kier molecular flexibility index (Phi) is 44.0. The zero-order valence-electron chi connectivity index (χ0n) is 39.4. The monoisotopic (exact) mass is 867 g/mol. The minimum absolute atomic E-state index is 0.0572. The molecule has 2 unspecified atom stereocenters. The first-order valence-corrected chi connectivity index (χ1v) is 24.8. The first-order chi connectivity index (χ1) is 30.3. The molecule has 0 aliphatic carbocycles. The second-order valence-corrected chi connectivity index (χ2v) is 16.5. The summed E-state index contributed by atoms with van der Waals surface area (Å²) in [7, 11) is 0. The molecule has 354 valence electrons. The highest BCUT2D eigenvalue weighted by atomic mass is 16.5. The summed E-state index contributed by atoms with van der Waals surface area (Å²) in [4.78, 5) is 47.7. The van der Waals surface area contributed by atoms with Gasteiger partial charge in [0.2, 0.25) is 11.8 Å². The summed E-state index contributed by atoms with van der Waals surface area (Å²) in [6.45, 7) is 3.37. The molecule has 0 aromatic rings.